The number of rotatable bonds is 3. The monoisotopic (exact) mass is 569 g/mol. The summed E-state index contributed by atoms with van der Waals surface area (Å²) in [4.78, 5) is 0. The zero-order chi connectivity index (χ0) is 29.5. The van der Waals surface area contributed by atoms with Gasteiger partial charge in [-0.1, -0.05) is 133 Å². The molecule has 45 heavy (non-hydrogen) atoms. The molecule has 10 rings (SSSR count). The number of fused-ring (bicyclic) bond motifs is 8. The molecule has 1 aliphatic rings. The minimum Gasteiger partial charge on any atom is -0.309 e. The Morgan fingerprint density at radius 2 is 0.911 bits per heavy atom. The molecule has 0 spiro atoms. The molecule has 0 N–H and O–H groups in total. The summed E-state index contributed by atoms with van der Waals surface area (Å²) in [6.07, 6.45) is 0. The highest BCUT2D eigenvalue weighted by Crippen LogP contribution is 2.51. The van der Waals surface area contributed by atoms with Crippen LogP contribution in [0.15, 0.2) is 164 Å². The molecule has 0 unspecified atom stereocenters. The van der Waals surface area contributed by atoms with Gasteiger partial charge >= 0.3 is 0 Å². The Kier molecular flexibility index (Phi) is 5.06. The molecular weight excluding hydrogens is 542 g/mol. The van der Waals surface area contributed by atoms with E-state index in [0.29, 0.717) is 0 Å². The third-order valence-corrected chi connectivity index (χ3v) is 9.69. The maximum Gasteiger partial charge on any atom is 0.0553 e. The maximum absolute atomic E-state index is 2.49. The highest BCUT2D eigenvalue weighted by Gasteiger charge is 2.25. The van der Waals surface area contributed by atoms with E-state index in [1.54, 1.807) is 0 Å². The fourth-order valence-electron chi connectivity index (χ4n) is 7.65. The molecule has 9 aromatic rings. The average Bonchev–Trinajstić information content (AvgIpc) is 3.61. The van der Waals surface area contributed by atoms with Gasteiger partial charge in [-0.25, -0.2) is 0 Å². The van der Waals surface area contributed by atoms with Crippen LogP contribution in [-0.2, 0) is 0 Å². The Balaban J connectivity index is 1.25. The lowest BCUT2D eigenvalue weighted by Crippen LogP contribution is -1.95. The van der Waals surface area contributed by atoms with E-state index < -0.39 is 0 Å². The number of aromatic nitrogens is 1. The maximum atomic E-state index is 2.49. The van der Waals surface area contributed by atoms with Crippen molar-refractivity contribution in [1.82, 2.24) is 4.57 Å². The van der Waals surface area contributed by atoms with Gasteiger partial charge in [-0.2, -0.15) is 0 Å². The summed E-state index contributed by atoms with van der Waals surface area (Å²) in [5, 5.41) is 7.82. The summed E-state index contributed by atoms with van der Waals surface area (Å²) in [5.41, 5.74) is 13.8. The van der Waals surface area contributed by atoms with Crippen molar-refractivity contribution in [3.8, 4) is 50.2 Å². The van der Waals surface area contributed by atoms with Crippen molar-refractivity contribution in [3.63, 3.8) is 0 Å². The minimum absolute atomic E-state index is 1.17. The first kappa shape index (κ1) is 24.5. The Morgan fingerprint density at radius 3 is 1.71 bits per heavy atom. The molecule has 1 aromatic heterocycles. The van der Waals surface area contributed by atoms with E-state index in [-0.39, 0.29) is 0 Å². The van der Waals surface area contributed by atoms with Crippen LogP contribution in [0.1, 0.15) is 0 Å². The molecule has 1 nitrogen and oxygen atoms in total. The number of nitrogens with zero attached hydrogens (tertiary/aromatic N) is 1. The molecule has 1 aliphatic carbocycles. The highest BCUT2D eigenvalue weighted by molar-refractivity contribution is 6.30. The van der Waals surface area contributed by atoms with Gasteiger partial charge in [0.2, 0.25) is 0 Å². The first-order chi connectivity index (χ1) is 22.3. The fourth-order valence-corrected chi connectivity index (χ4v) is 7.65. The highest BCUT2D eigenvalue weighted by atomic mass is 15.0. The van der Waals surface area contributed by atoms with Gasteiger partial charge in [0.25, 0.3) is 0 Å². The number of hydrogen-bond donors (Lipinski definition) is 0. The van der Waals surface area contributed by atoms with Crippen molar-refractivity contribution in [1.29, 1.82) is 0 Å². The van der Waals surface area contributed by atoms with Gasteiger partial charge < -0.3 is 4.57 Å². The van der Waals surface area contributed by atoms with Gasteiger partial charge in [0.05, 0.1) is 11.0 Å². The molecule has 1 heterocycles. The van der Waals surface area contributed by atoms with Crippen LogP contribution < -0.4 is 0 Å². The molecule has 0 amide bonds. The van der Waals surface area contributed by atoms with Crippen LogP contribution in [0.2, 0.25) is 0 Å². The largest absolute Gasteiger partial charge is 0.309 e. The third kappa shape index (κ3) is 3.56. The quantitative estimate of drug-likeness (QED) is 0.199. The zero-order valence-electron chi connectivity index (χ0n) is 24.5. The normalized spacial score (nSPS) is 12.0. The summed E-state index contributed by atoms with van der Waals surface area (Å²) in [6, 6.07) is 60.2. The van der Waals surface area contributed by atoms with Gasteiger partial charge in [0, 0.05) is 16.5 Å². The van der Waals surface area contributed by atoms with Crippen molar-refractivity contribution in [2.24, 2.45) is 0 Å². The van der Waals surface area contributed by atoms with Crippen molar-refractivity contribution < 1.29 is 0 Å². The van der Waals surface area contributed by atoms with Gasteiger partial charge in [-0.3, -0.25) is 0 Å². The van der Waals surface area contributed by atoms with E-state index in [4.69, 9.17) is 0 Å². The Hall–Kier alpha value is -5.92. The van der Waals surface area contributed by atoms with E-state index in [1.807, 2.05) is 0 Å². The lowest BCUT2D eigenvalue weighted by molar-refractivity contribution is 1.18. The second-order valence-corrected chi connectivity index (χ2v) is 12.1. The summed E-state index contributed by atoms with van der Waals surface area (Å²) in [5.74, 6) is 0. The van der Waals surface area contributed by atoms with E-state index in [2.05, 4.69) is 168 Å². The topological polar surface area (TPSA) is 4.93 Å². The first-order valence-electron chi connectivity index (χ1n) is 15.6. The van der Waals surface area contributed by atoms with Gasteiger partial charge in [0.1, 0.15) is 0 Å². The summed E-state index contributed by atoms with van der Waals surface area (Å²) in [7, 11) is 0. The number of benzene rings is 8. The zero-order valence-corrected chi connectivity index (χ0v) is 24.5. The molecule has 0 aliphatic heterocycles. The first-order valence-corrected chi connectivity index (χ1v) is 15.6. The van der Waals surface area contributed by atoms with E-state index in [9.17, 15) is 0 Å². The van der Waals surface area contributed by atoms with Crippen molar-refractivity contribution in [2.45, 2.75) is 0 Å². The summed E-state index contributed by atoms with van der Waals surface area (Å²) in [6.45, 7) is 0. The summed E-state index contributed by atoms with van der Waals surface area (Å²) >= 11 is 0. The van der Waals surface area contributed by atoms with Crippen LogP contribution in [0.3, 0.4) is 0 Å². The molecule has 0 radical (unpaired) electrons. The SMILES string of the molecule is c1ccc(-c2ccc(-c3cccc(-n4c5cc6ccccc6cc5c5c6cccc7c6c(cc54)-c4ccccc4-7)c3)cc2)cc1. The average molecular weight is 570 g/mol. The summed E-state index contributed by atoms with van der Waals surface area (Å²) < 4.78 is 2.49. The van der Waals surface area contributed by atoms with Gasteiger partial charge in [-0.15, -0.1) is 0 Å². The fraction of sp³-hybridized carbons (Fsp3) is 0. The smallest absolute Gasteiger partial charge is 0.0553 e. The van der Waals surface area contributed by atoms with E-state index in [1.165, 1.54) is 93.5 Å². The van der Waals surface area contributed by atoms with E-state index in [0.717, 1.165) is 0 Å². The van der Waals surface area contributed by atoms with Crippen LogP contribution in [-0.4, -0.2) is 4.57 Å². The second kappa shape index (κ2) is 9.29. The molecule has 0 saturated heterocycles. The molecule has 0 fully saturated rings. The standard InChI is InChI=1S/C44H27N/c1-2-10-28(11-3-1)29-20-22-30(23-21-29)31-14-8-15-34(24-31)45-41-26-33-13-5-4-12-32(33)25-40(41)44-38-19-9-18-37-35-16-6-7-17-36(35)39(43(37)38)27-42(44)45/h1-27H. The van der Waals surface area contributed by atoms with Crippen molar-refractivity contribution in [3.05, 3.63) is 164 Å². The van der Waals surface area contributed by atoms with Crippen molar-refractivity contribution in [2.75, 3.05) is 0 Å². The Morgan fingerprint density at radius 1 is 0.311 bits per heavy atom. The predicted molar refractivity (Wildman–Crippen MR) is 191 cm³/mol. The molecule has 0 bridgehead atoms. The van der Waals surface area contributed by atoms with Crippen LogP contribution >= 0.6 is 0 Å². The van der Waals surface area contributed by atoms with E-state index >= 15 is 0 Å². The Bertz CT molecular complexity index is 2620. The molecule has 0 saturated carbocycles. The molecule has 0 atom stereocenters. The molecular formula is C44H27N. The molecule has 208 valence electrons. The molecule has 8 aromatic carbocycles. The van der Waals surface area contributed by atoms with Crippen LogP contribution in [0.25, 0.3) is 93.5 Å². The van der Waals surface area contributed by atoms with Crippen LogP contribution in [0, 0.1) is 0 Å². The lowest BCUT2D eigenvalue weighted by Gasteiger charge is -2.12. The Labute approximate surface area is 261 Å². The van der Waals surface area contributed by atoms with Gasteiger partial charge in [-0.05, 0) is 96.4 Å². The third-order valence-electron chi connectivity index (χ3n) is 9.69. The lowest BCUT2D eigenvalue weighted by atomic mass is 9.97. The second-order valence-electron chi connectivity index (χ2n) is 12.1. The van der Waals surface area contributed by atoms with Crippen molar-refractivity contribution >= 4 is 43.4 Å². The molecule has 1 heteroatoms. The van der Waals surface area contributed by atoms with Crippen LogP contribution in [0.4, 0.5) is 0 Å². The number of hydrogen-bond acceptors (Lipinski definition) is 0. The van der Waals surface area contributed by atoms with Gasteiger partial charge in [0.15, 0.2) is 0 Å². The van der Waals surface area contributed by atoms with Crippen LogP contribution in [0.5, 0.6) is 0 Å². The minimum atomic E-state index is 1.17. The predicted octanol–water partition coefficient (Wildman–Crippen LogP) is 12.1.